The van der Waals surface area contributed by atoms with Crippen molar-refractivity contribution in [2.75, 3.05) is 5.32 Å². The van der Waals surface area contributed by atoms with E-state index in [1.165, 1.54) is 24.3 Å². The van der Waals surface area contributed by atoms with Crippen LogP contribution in [0, 0.1) is 5.82 Å². The highest BCUT2D eigenvalue weighted by molar-refractivity contribution is 9.10. The third-order valence-corrected chi connectivity index (χ3v) is 3.62. The first-order valence-corrected chi connectivity index (χ1v) is 6.80. The number of hydrogen-bond acceptors (Lipinski definition) is 2. The van der Waals surface area contributed by atoms with Crippen LogP contribution in [0.4, 0.5) is 10.1 Å². The van der Waals surface area contributed by atoms with Crippen LogP contribution < -0.4 is 5.32 Å². The number of amides is 1. The fourth-order valence-electron chi connectivity index (χ4n) is 1.31. The highest BCUT2D eigenvalue weighted by Gasteiger charge is 2.03. The van der Waals surface area contributed by atoms with Crippen molar-refractivity contribution in [2.24, 2.45) is 0 Å². The Balaban J connectivity index is 2.03. The number of benzene rings is 1. The van der Waals surface area contributed by atoms with Crippen LogP contribution >= 0.6 is 27.3 Å². The van der Waals surface area contributed by atoms with Crippen LogP contribution in [0.3, 0.4) is 0 Å². The van der Waals surface area contributed by atoms with Gasteiger partial charge in [-0.1, -0.05) is 6.07 Å². The highest BCUT2D eigenvalue weighted by atomic mass is 79.9. The summed E-state index contributed by atoms with van der Waals surface area (Å²) in [5.74, 6) is -0.607. The summed E-state index contributed by atoms with van der Waals surface area (Å²) in [4.78, 5) is 12.6. The summed E-state index contributed by atoms with van der Waals surface area (Å²) in [6.07, 6.45) is 3.18. The van der Waals surface area contributed by atoms with E-state index in [2.05, 4.69) is 21.2 Å². The molecule has 1 aromatic carbocycles. The van der Waals surface area contributed by atoms with Gasteiger partial charge in [0.15, 0.2) is 0 Å². The highest BCUT2D eigenvalue weighted by Crippen LogP contribution is 2.23. The Labute approximate surface area is 116 Å². The van der Waals surface area contributed by atoms with Crippen LogP contribution in [0.2, 0.25) is 0 Å². The average molecular weight is 326 g/mol. The van der Waals surface area contributed by atoms with E-state index in [4.69, 9.17) is 0 Å². The van der Waals surface area contributed by atoms with Crippen LogP contribution in [0.25, 0.3) is 6.08 Å². The molecule has 5 heteroatoms. The number of hydrogen-bond donors (Lipinski definition) is 1. The maximum atomic E-state index is 12.9. The molecular formula is C13H9BrFNOS. The second kappa shape index (κ2) is 5.93. The molecule has 2 rings (SSSR count). The number of rotatable bonds is 3. The van der Waals surface area contributed by atoms with Crippen molar-refractivity contribution in [3.8, 4) is 0 Å². The van der Waals surface area contributed by atoms with Gasteiger partial charge < -0.3 is 5.32 Å². The van der Waals surface area contributed by atoms with E-state index in [0.29, 0.717) is 10.2 Å². The number of halogens is 2. The number of carbonyl (C=O) groups excluding carboxylic acids is 1. The summed E-state index contributed by atoms with van der Waals surface area (Å²) in [6, 6.07) is 7.94. The molecule has 1 heterocycles. The molecule has 0 aliphatic heterocycles. The Morgan fingerprint density at radius 1 is 1.39 bits per heavy atom. The monoisotopic (exact) mass is 325 g/mol. The minimum absolute atomic E-state index is 0.254. The number of nitrogens with one attached hydrogen (secondary N) is 1. The molecule has 18 heavy (non-hydrogen) atoms. The van der Waals surface area contributed by atoms with E-state index in [-0.39, 0.29) is 11.7 Å². The fraction of sp³-hybridized carbons (Fsp3) is 0. The topological polar surface area (TPSA) is 29.1 Å². The van der Waals surface area contributed by atoms with Crippen molar-refractivity contribution in [3.63, 3.8) is 0 Å². The zero-order valence-corrected chi connectivity index (χ0v) is 11.6. The lowest BCUT2D eigenvalue weighted by molar-refractivity contribution is -0.111. The predicted molar refractivity (Wildman–Crippen MR) is 76.1 cm³/mol. The summed E-state index contributed by atoms with van der Waals surface area (Å²) >= 11 is 4.74. The minimum atomic E-state index is -0.353. The molecule has 0 aliphatic rings. The van der Waals surface area contributed by atoms with Crippen LogP contribution in [0.1, 0.15) is 4.88 Å². The molecule has 0 fully saturated rings. The van der Waals surface area contributed by atoms with Gasteiger partial charge in [-0.2, -0.15) is 0 Å². The summed E-state index contributed by atoms with van der Waals surface area (Å²) in [5.41, 5.74) is 0.539. The maximum Gasteiger partial charge on any atom is 0.248 e. The molecular weight excluding hydrogens is 317 g/mol. The van der Waals surface area contributed by atoms with E-state index in [1.54, 1.807) is 17.4 Å². The van der Waals surface area contributed by atoms with Gasteiger partial charge in [-0.05, 0) is 51.7 Å². The van der Waals surface area contributed by atoms with Gasteiger partial charge in [0, 0.05) is 15.4 Å². The number of anilines is 1. The third kappa shape index (κ3) is 3.51. The van der Waals surface area contributed by atoms with Crippen molar-refractivity contribution in [1.29, 1.82) is 0 Å². The molecule has 92 valence electrons. The first kappa shape index (κ1) is 13.0. The van der Waals surface area contributed by atoms with Gasteiger partial charge in [-0.25, -0.2) is 4.39 Å². The van der Waals surface area contributed by atoms with Crippen LogP contribution in [0.15, 0.2) is 46.3 Å². The molecule has 0 aliphatic carbocycles. The fourth-order valence-corrected chi connectivity index (χ4v) is 2.38. The van der Waals surface area contributed by atoms with Gasteiger partial charge in [-0.15, -0.1) is 11.3 Å². The van der Waals surface area contributed by atoms with Gasteiger partial charge in [-0.3, -0.25) is 4.79 Å². The Morgan fingerprint density at radius 2 is 2.22 bits per heavy atom. The smallest absolute Gasteiger partial charge is 0.248 e. The van der Waals surface area contributed by atoms with E-state index < -0.39 is 0 Å². The van der Waals surface area contributed by atoms with Gasteiger partial charge in [0.25, 0.3) is 0 Å². The Bertz CT molecular complexity index is 581. The number of thiophene rings is 1. The van der Waals surface area contributed by atoms with Gasteiger partial charge >= 0.3 is 0 Å². The molecule has 0 radical (unpaired) electrons. The molecule has 2 nitrogen and oxygen atoms in total. The largest absolute Gasteiger partial charge is 0.321 e. The zero-order valence-electron chi connectivity index (χ0n) is 9.19. The Kier molecular flexibility index (Phi) is 4.28. The van der Waals surface area contributed by atoms with E-state index in [9.17, 15) is 9.18 Å². The lowest BCUT2D eigenvalue weighted by Gasteiger charge is -2.04. The summed E-state index contributed by atoms with van der Waals surface area (Å²) in [6.45, 7) is 0. The molecule has 1 N–H and O–H groups in total. The lowest BCUT2D eigenvalue weighted by atomic mass is 10.3. The van der Waals surface area contributed by atoms with Crippen molar-refractivity contribution >= 4 is 44.9 Å². The first-order valence-electron chi connectivity index (χ1n) is 5.13. The Hall–Kier alpha value is -1.46. The maximum absolute atomic E-state index is 12.9. The van der Waals surface area contributed by atoms with E-state index in [1.807, 2.05) is 17.5 Å². The van der Waals surface area contributed by atoms with Gasteiger partial charge in [0.1, 0.15) is 5.82 Å². The SMILES string of the molecule is O=C(/C=C/c1cccs1)Nc1ccc(F)cc1Br. The number of carbonyl (C=O) groups is 1. The van der Waals surface area contributed by atoms with Crippen molar-refractivity contribution in [2.45, 2.75) is 0 Å². The average Bonchev–Trinajstić information content (AvgIpc) is 2.83. The van der Waals surface area contributed by atoms with Crippen molar-refractivity contribution in [3.05, 3.63) is 57.0 Å². The van der Waals surface area contributed by atoms with Crippen molar-refractivity contribution < 1.29 is 9.18 Å². The van der Waals surface area contributed by atoms with Gasteiger partial charge in [0.05, 0.1) is 5.69 Å². The molecule has 2 aromatic rings. The lowest BCUT2D eigenvalue weighted by Crippen LogP contribution is -2.08. The molecule has 0 bridgehead atoms. The molecule has 0 unspecified atom stereocenters. The summed E-state index contributed by atoms with van der Waals surface area (Å²) in [5, 5.41) is 4.60. The molecule has 0 spiro atoms. The quantitative estimate of drug-likeness (QED) is 0.837. The van der Waals surface area contributed by atoms with Crippen molar-refractivity contribution in [1.82, 2.24) is 0 Å². The van der Waals surface area contributed by atoms with E-state index >= 15 is 0 Å². The normalized spacial score (nSPS) is 10.8. The second-order valence-electron chi connectivity index (χ2n) is 3.46. The standard InChI is InChI=1S/C13H9BrFNOS/c14-11-8-9(15)3-5-12(11)16-13(17)6-4-10-2-1-7-18-10/h1-8H,(H,16,17)/b6-4+. The van der Waals surface area contributed by atoms with Crippen LogP contribution in [0.5, 0.6) is 0 Å². The van der Waals surface area contributed by atoms with E-state index in [0.717, 1.165) is 4.88 Å². The molecule has 1 aromatic heterocycles. The van der Waals surface area contributed by atoms with Crippen LogP contribution in [-0.4, -0.2) is 5.91 Å². The molecule has 0 saturated carbocycles. The zero-order chi connectivity index (χ0) is 13.0. The minimum Gasteiger partial charge on any atom is -0.321 e. The molecule has 1 amide bonds. The molecule has 0 saturated heterocycles. The summed E-state index contributed by atoms with van der Waals surface area (Å²) < 4.78 is 13.4. The van der Waals surface area contributed by atoms with Crippen LogP contribution in [-0.2, 0) is 4.79 Å². The molecule has 0 atom stereocenters. The first-order chi connectivity index (χ1) is 8.65. The predicted octanol–water partition coefficient (Wildman–Crippen LogP) is 4.30. The third-order valence-electron chi connectivity index (χ3n) is 2.13. The van der Waals surface area contributed by atoms with Gasteiger partial charge in [0.2, 0.25) is 5.91 Å². The Morgan fingerprint density at radius 3 is 2.89 bits per heavy atom. The summed E-state index contributed by atoms with van der Waals surface area (Å²) in [7, 11) is 0. The second-order valence-corrected chi connectivity index (χ2v) is 5.30.